The molecule has 0 radical (unpaired) electrons. The van der Waals surface area contributed by atoms with Crippen molar-refractivity contribution < 1.29 is 19.4 Å². The number of carbonyl (C=O) groups is 1. The average Bonchev–Trinajstić information content (AvgIpc) is 3.40. The van der Waals surface area contributed by atoms with E-state index in [1.165, 1.54) is 13.3 Å². The summed E-state index contributed by atoms with van der Waals surface area (Å²) in [5.41, 5.74) is 2.24. The largest absolute Gasteiger partial charge is 0.491 e. The van der Waals surface area contributed by atoms with Crippen LogP contribution in [-0.4, -0.2) is 56.2 Å². The molecule has 2 N–H and O–H groups in total. The molecule has 0 spiro atoms. The zero-order valence-corrected chi connectivity index (χ0v) is 21.6. The third-order valence-electron chi connectivity index (χ3n) is 6.37. The lowest BCUT2D eigenvalue weighted by atomic mass is 10.2. The van der Waals surface area contributed by atoms with E-state index < -0.39 is 6.10 Å². The summed E-state index contributed by atoms with van der Waals surface area (Å²) in [4.78, 5) is 27.2. The highest BCUT2D eigenvalue weighted by Crippen LogP contribution is 2.34. The van der Waals surface area contributed by atoms with Crippen LogP contribution in [0.3, 0.4) is 0 Å². The van der Waals surface area contributed by atoms with Crippen molar-refractivity contribution in [2.24, 2.45) is 0 Å². The van der Waals surface area contributed by atoms with Crippen molar-refractivity contribution in [1.29, 1.82) is 0 Å². The predicted molar refractivity (Wildman–Crippen MR) is 145 cm³/mol. The number of likely N-dealkylation sites (tertiary alicyclic amines) is 1. The standard InChI is InChI=1S/C28H28ClN5O4/c1-18(35)28(36)34-13-5-7-21(34)16-38-25-9-4-8-23-26(25)27(32-17-31-23)33-19-10-11-24(22(29)14-19)37-15-20-6-2-3-12-30-20/h2-4,6,8-12,14,17-18,21,35H,5,7,13,15-16H2,1H3,(H,31,32,33)/t18-,21?/m1/s1. The van der Waals surface area contributed by atoms with E-state index in [1.807, 2.05) is 42.5 Å². The quantitative estimate of drug-likeness (QED) is 0.317. The predicted octanol–water partition coefficient (Wildman–Crippen LogP) is 4.75. The zero-order valence-electron chi connectivity index (χ0n) is 20.9. The van der Waals surface area contributed by atoms with Crippen molar-refractivity contribution in [2.75, 3.05) is 18.5 Å². The lowest BCUT2D eigenvalue weighted by molar-refractivity contribution is -0.140. The monoisotopic (exact) mass is 533 g/mol. The van der Waals surface area contributed by atoms with Gasteiger partial charge in [0.05, 0.1) is 27.7 Å². The molecule has 3 heterocycles. The van der Waals surface area contributed by atoms with E-state index in [0.717, 1.165) is 24.2 Å². The van der Waals surface area contributed by atoms with Gasteiger partial charge >= 0.3 is 0 Å². The van der Waals surface area contributed by atoms with Crippen LogP contribution in [0.4, 0.5) is 11.5 Å². The van der Waals surface area contributed by atoms with Crippen LogP contribution in [0.25, 0.3) is 10.9 Å². The van der Waals surface area contributed by atoms with E-state index in [-0.39, 0.29) is 11.9 Å². The molecule has 1 fully saturated rings. The number of nitrogens with one attached hydrogen (secondary N) is 1. The third-order valence-corrected chi connectivity index (χ3v) is 6.67. The number of aliphatic hydroxyl groups is 1. The SMILES string of the molecule is C[C@@H](O)C(=O)N1CCCC1COc1cccc2ncnc(Nc3ccc(OCc4ccccn4)c(Cl)c3)c12. The van der Waals surface area contributed by atoms with Crippen molar-refractivity contribution in [1.82, 2.24) is 19.9 Å². The van der Waals surface area contributed by atoms with Gasteiger partial charge in [-0.1, -0.05) is 23.7 Å². The first kappa shape index (κ1) is 25.7. The van der Waals surface area contributed by atoms with Crippen molar-refractivity contribution in [2.45, 2.75) is 38.5 Å². The summed E-state index contributed by atoms with van der Waals surface area (Å²) < 4.78 is 12.0. The van der Waals surface area contributed by atoms with Gasteiger partial charge < -0.3 is 24.8 Å². The third kappa shape index (κ3) is 5.79. The number of aliphatic hydroxyl groups excluding tert-OH is 1. The Balaban J connectivity index is 1.33. The molecule has 9 nitrogen and oxygen atoms in total. The summed E-state index contributed by atoms with van der Waals surface area (Å²) >= 11 is 6.50. The number of hydrogen-bond donors (Lipinski definition) is 2. The summed E-state index contributed by atoms with van der Waals surface area (Å²) in [5, 5.41) is 14.2. The molecule has 1 amide bonds. The normalized spacial score (nSPS) is 15.9. The number of nitrogens with zero attached hydrogens (tertiary/aromatic N) is 4. The Bertz CT molecular complexity index is 1410. The van der Waals surface area contributed by atoms with Crippen molar-refractivity contribution >= 4 is 39.9 Å². The van der Waals surface area contributed by atoms with Crippen LogP contribution < -0.4 is 14.8 Å². The number of halogens is 1. The minimum atomic E-state index is -1.03. The Labute approximate surface area is 225 Å². The highest BCUT2D eigenvalue weighted by Gasteiger charge is 2.31. The molecule has 0 aliphatic carbocycles. The number of aromatic nitrogens is 3. The van der Waals surface area contributed by atoms with Gasteiger partial charge in [-0.2, -0.15) is 0 Å². The van der Waals surface area contributed by atoms with Crippen molar-refractivity contribution in [3.8, 4) is 11.5 Å². The van der Waals surface area contributed by atoms with Crippen LogP contribution >= 0.6 is 11.6 Å². The molecule has 1 aliphatic rings. The molecule has 0 saturated carbocycles. The van der Waals surface area contributed by atoms with E-state index in [4.69, 9.17) is 21.1 Å². The fourth-order valence-corrected chi connectivity index (χ4v) is 4.72. The number of fused-ring (bicyclic) bond motifs is 1. The number of amides is 1. The molecule has 1 saturated heterocycles. The van der Waals surface area contributed by atoms with Gasteiger partial charge in [0.25, 0.3) is 5.91 Å². The Morgan fingerprint density at radius 3 is 2.82 bits per heavy atom. The summed E-state index contributed by atoms with van der Waals surface area (Å²) in [6.07, 6.45) is 3.87. The van der Waals surface area contributed by atoms with Crippen molar-refractivity contribution in [3.05, 3.63) is 77.8 Å². The number of pyridine rings is 1. The average molecular weight is 534 g/mol. The Morgan fingerprint density at radius 2 is 2.03 bits per heavy atom. The topological polar surface area (TPSA) is 110 Å². The van der Waals surface area contributed by atoms with Crippen LogP contribution in [0.2, 0.25) is 5.02 Å². The minimum Gasteiger partial charge on any atom is -0.491 e. The van der Waals surface area contributed by atoms with Gasteiger partial charge in [-0.25, -0.2) is 9.97 Å². The van der Waals surface area contributed by atoms with Gasteiger partial charge in [-0.15, -0.1) is 0 Å². The van der Waals surface area contributed by atoms with Crippen molar-refractivity contribution in [3.63, 3.8) is 0 Å². The lowest BCUT2D eigenvalue weighted by Gasteiger charge is -2.26. The summed E-state index contributed by atoms with van der Waals surface area (Å²) in [6, 6.07) is 16.6. The van der Waals surface area contributed by atoms with E-state index in [9.17, 15) is 9.90 Å². The smallest absolute Gasteiger partial charge is 0.251 e. The lowest BCUT2D eigenvalue weighted by Crippen LogP contribution is -2.43. The second-order valence-corrected chi connectivity index (χ2v) is 9.47. The molecule has 38 heavy (non-hydrogen) atoms. The van der Waals surface area contributed by atoms with E-state index in [0.29, 0.717) is 53.0 Å². The minimum absolute atomic E-state index is 0.106. The molecule has 2 aromatic heterocycles. The number of anilines is 2. The van der Waals surface area contributed by atoms with Crippen LogP contribution in [0.1, 0.15) is 25.5 Å². The molecule has 1 unspecified atom stereocenters. The maximum Gasteiger partial charge on any atom is 0.251 e. The van der Waals surface area contributed by atoms with Crippen LogP contribution in [0.5, 0.6) is 11.5 Å². The number of benzene rings is 2. The molecular formula is C28H28ClN5O4. The first-order valence-corrected chi connectivity index (χ1v) is 12.8. The summed E-state index contributed by atoms with van der Waals surface area (Å²) in [6.45, 7) is 2.72. The zero-order chi connectivity index (χ0) is 26.5. The number of ether oxygens (including phenoxy) is 2. The van der Waals surface area contributed by atoms with E-state index in [2.05, 4.69) is 20.3 Å². The molecule has 1 aliphatic heterocycles. The molecule has 10 heteroatoms. The van der Waals surface area contributed by atoms with E-state index >= 15 is 0 Å². The second-order valence-electron chi connectivity index (χ2n) is 9.07. The first-order valence-electron chi connectivity index (χ1n) is 12.4. The Kier molecular flexibility index (Phi) is 7.86. The van der Waals surface area contributed by atoms with Crippen LogP contribution in [-0.2, 0) is 11.4 Å². The van der Waals surface area contributed by atoms with Gasteiger partial charge in [0.1, 0.15) is 43.0 Å². The number of carbonyl (C=O) groups excluding carboxylic acids is 1. The highest BCUT2D eigenvalue weighted by atomic mass is 35.5. The molecular weight excluding hydrogens is 506 g/mol. The number of hydrogen-bond acceptors (Lipinski definition) is 8. The van der Waals surface area contributed by atoms with Gasteiger partial charge in [0.2, 0.25) is 0 Å². The first-order chi connectivity index (χ1) is 18.5. The van der Waals surface area contributed by atoms with Crippen LogP contribution in [0, 0.1) is 0 Å². The van der Waals surface area contributed by atoms with Gasteiger partial charge in [0, 0.05) is 18.4 Å². The Hall–Kier alpha value is -3.95. The van der Waals surface area contributed by atoms with Gasteiger partial charge in [-0.05, 0) is 62.2 Å². The molecule has 4 aromatic rings. The van der Waals surface area contributed by atoms with Gasteiger partial charge in [-0.3, -0.25) is 9.78 Å². The number of rotatable bonds is 9. The summed E-state index contributed by atoms with van der Waals surface area (Å²) in [7, 11) is 0. The molecule has 5 rings (SSSR count). The van der Waals surface area contributed by atoms with Crippen LogP contribution in [0.15, 0.2) is 67.1 Å². The molecule has 2 aromatic carbocycles. The molecule has 2 atom stereocenters. The maximum atomic E-state index is 12.4. The fraction of sp³-hybridized carbons (Fsp3) is 0.286. The van der Waals surface area contributed by atoms with Gasteiger partial charge in [0.15, 0.2) is 0 Å². The Morgan fingerprint density at radius 1 is 1.13 bits per heavy atom. The maximum absolute atomic E-state index is 12.4. The molecule has 0 bridgehead atoms. The molecule has 196 valence electrons. The fourth-order valence-electron chi connectivity index (χ4n) is 4.49. The second kappa shape index (κ2) is 11.6. The van der Waals surface area contributed by atoms with E-state index in [1.54, 1.807) is 23.2 Å². The highest BCUT2D eigenvalue weighted by molar-refractivity contribution is 6.32. The summed E-state index contributed by atoms with van der Waals surface area (Å²) in [5.74, 6) is 1.44.